The van der Waals surface area contributed by atoms with Crippen LogP contribution in [0.1, 0.15) is 65.3 Å². The Labute approximate surface area is 213 Å². The predicted molar refractivity (Wildman–Crippen MR) is 134 cm³/mol. The minimum absolute atomic E-state index is 0.00216. The lowest BCUT2D eigenvalue weighted by atomic mass is 9.99. The molecule has 1 saturated carbocycles. The molecule has 2 aliphatic rings. The van der Waals surface area contributed by atoms with Crippen LogP contribution in [0.5, 0.6) is 0 Å². The van der Waals surface area contributed by atoms with Gasteiger partial charge in [-0.05, 0) is 78.1 Å². The average molecular weight is 509 g/mol. The summed E-state index contributed by atoms with van der Waals surface area (Å²) in [5, 5.41) is 23.8. The summed E-state index contributed by atoms with van der Waals surface area (Å²) in [7, 11) is 1.59. The number of nitrogens with zero attached hydrogens (tertiary/aromatic N) is 3. The van der Waals surface area contributed by atoms with Crippen LogP contribution in [0.4, 0.5) is 4.79 Å². The molecule has 3 rings (SSSR count). The first-order valence-electron chi connectivity index (χ1n) is 12.9. The molecule has 0 aliphatic heterocycles. The van der Waals surface area contributed by atoms with Gasteiger partial charge in [0.1, 0.15) is 0 Å². The van der Waals surface area contributed by atoms with E-state index in [1.807, 2.05) is 32.4 Å². The van der Waals surface area contributed by atoms with Crippen molar-refractivity contribution in [1.29, 1.82) is 0 Å². The normalized spacial score (nSPS) is 23.4. The number of carbonyl (C=O) groups excluding carboxylic acids is 2. The molecule has 1 fully saturated rings. The van der Waals surface area contributed by atoms with E-state index < -0.39 is 22.8 Å². The van der Waals surface area contributed by atoms with Crippen molar-refractivity contribution in [3.63, 3.8) is 0 Å². The number of ether oxygens (including phenoxy) is 2. The molecule has 0 radical (unpaired) electrons. The molecule has 5 N–H and O–H groups in total. The summed E-state index contributed by atoms with van der Waals surface area (Å²) in [5.74, 6) is 1.29. The van der Waals surface area contributed by atoms with Crippen molar-refractivity contribution in [3.8, 4) is 0 Å². The maximum absolute atomic E-state index is 12.3. The van der Waals surface area contributed by atoms with E-state index in [0.29, 0.717) is 24.4 Å². The number of aryl methyl sites for hydroxylation is 1. The van der Waals surface area contributed by atoms with E-state index in [-0.39, 0.29) is 32.1 Å². The fourth-order valence-electron chi connectivity index (χ4n) is 5.00. The Bertz CT molecular complexity index is 928. The van der Waals surface area contributed by atoms with Crippen molar-refractivity contribution in [2.24, 2.45) is 23.5 Å². The van der Waals surface area contributed by atoms with Crippen molar-refractivity contribution >= 4 is 12.0 Å². The highest BCUT2D eigenvalue weighted by molar-refractivity contribution is 5.76. The molecule has 0 saturated heterocycles. The molecule has 1 aromatic heterocycles. The van der Waals surface area contributed by atoms with Crippen LogP contribution < -0.4 is 16.4 Å². The first-order chi connectivity index (χ1) is 16.8. The first kappa shape index (κ1) is 28.3. The molecule has 11 heteroatoms. The molecule has 2 aliphatic carbocycles. The standard InChI is InChI=1S/C25H44N6O5/c1-23(2,14-32)31-20-10-8-17-16(7-9-19(20)29-30-31)18(17)12-35-22(34)28-13-25(5,26)15-36-24(3,4)11-21(33)27-6/h16-18,32H,7-15,26H2,1-6H3,(H,27,33)(H,28,34). The predicted octanol–water partition coefficient (Wildman–Crippen LogP) is 1.12. The van der Waals surface area contributed by atoms with Crippen molar-refractivity contribution < 1.29 is 24.2 Å². The fourth-order valence-corrected chi connectivity index (χ4v) is 5.00. The van der Waals surface area contributed by atoms with Gasteiger partial charge in [0.15, 0.2) is 0 Å². The fraction of sp³-hybridized carbons (Fsp3) is 0.840. The number of aromatic nitrogens is 3. The largest absolute Gasteiger partial charge is 0.449 e. The number of nitrogens with one attached hydrogen (secondary N) is 2. The summed E-state index contributed by atoms with van der Waals surface area (Å²) >= 11 is 0. The highest BCUT2D eigenvalue weighted by atomic mass is 16.5. The number of aliphatic hydroxyl groups is 1. The lowest BCUT2D eigenvalue weighted by Gasteiger charge is -2.31. The number of hydrogen-bond acceptors (Lipinski definition) is 8. The third-order valence-corrected chi connectivity index (χ3v) is 7.44. The third-order valence-electron chi connectivity index (χ3n) is 7.44. The van der Waals surface area contributed by atoms with Crippen molar-refractivity contribution in [1.82, 2.24) is 25.6 Å². The van der Waals surface area contributed by atoms with Crippen LogP contribution in [-0.4, -0.2) is 76.7 Å². The maximum atomic E-state index is 12.3. The average Bonchev–Trinajstić information content (AvgIpc) is 3.29. The summed E-state index contributed by atoms with van der Waals surface area (Å²) < 4.78 is 13.3. The van der Waals surface area contributed by atoms with Gasteiger partial charge in [-0.25, -0.2) is 9.48 Å². The van der Waals surface area contributed by atoms with E-state index in [2.05, 4.69) is 20.9 Å². The smallest absolute Gasteiger partial charge is 0.407 e. The van der Waals surface area contributed by atoms with Gasteiger partial charge in [-0.3, -0.25) is 4.79 Å². The SMILES string of the molecule is CNC(=O)CC(C)(C)OCC(C)(N)CNC(=O)OCC1C2CCc3nnn(C(C)(C)CO)c3CCC21. The van der Waals surface area contributed by atoms with Crippen LogP contribution in [0.2, 0.25) is 0 Å². The number of hydrogen-bond donors (Lipinski definition) is 4. The van der Waals surface area contributed by atoms with Crippen LogP contribution in [0.3, 0.4) is 0 Å². The molecule has 2 amide bonds. The van der Waals surface area contributed by atoms with Crippen LogP contribution in [0.15, 0.2) is 0 Å². The number of aliphatic hydroxyl groups excluding tert-OH is 1. The highest BCUT2D eigenvalue weighted by Gasteiger charge is 2.50. The van der Waals surface area contributed by atoms with Gasteiger partial charge in [0.2, 0.25) is 5.91 Å². The Kier molecular flexibility index (Phi) is 8.67. The summed E-state index contributed by atoms with van der Waals surface area (Å²) in [5.41, 5.74) is 6.47. The van der Waals surface area contributed by atoms with Crippen molar-refractivity contribution in [2.75, 3.05) is 33.4 Å². The number of nitrogens with two attached hydrogens (primary N) is 1. The second kappa shape index (κ2) is 11.0. The van der Waals surface area contributed by atoms with Crippen LogP contribution in [0, 0.1) is 17.8 Å². The van der Waals surface area contributed by atoms with Gasteiger partial charge < -0.3 is 30.9 Å². The Hall–Kier alpha value is -2.24. The zero-order valence-electron chi connectivity index (χ0n) is 22.6. The minimum Gasteiger partial charge on any atom is -0.449 e. The van der Waals surface area contributed by atoms with E-state index in [0.717, 1.165) is 37.1 Å². The Morgan fingerprint density at radius 2 is 1.83 bits per heavy atom. The second-order valence-electron chi connectivity index (χ2n) is 11.9. The second-order valence-corrected chi connectivity index (χ2v) is 11.9. The molecule has 36 heavy (non-hydrogen) atoms. The number of amides is 2. The molecule has 4 unspecified atom stereocenters. The Morgan fingerprint density at radius 1 is 1.17 bits per heavy atom. The highest BCUT2D eigenvalue weighted by Crippen LogP contribution is 2.53. The maximum Gasteiger partial charge on any atom is 0.407 e. The van der Waals surface area contributed by atoms with E-state index in [1.165, 1.54) is 0 Å². The molecular formula is C25H44N6O5. The zero-order valence-corrected chi connectivity index (χ0v) is 22.6. The number of alkyl carbamates (subject to hydrolysis) is 1. The summed E-state index contributed by atoms with van der Waals surface area (Å²) in [6.07, 6.45) is 3.43. The quantitative estimate of drug-likeness (QED) is 0.347. The van der Waals surface area contributed by atoms with Crippen LogP contribution in [-0.2, 0) is 32.6 Å². The minimum atomic E-state index is -0.808. The Morgan fingerprint density at radius 3 is 2.47 bits per heavy atom. The molecule has 0 spiro atoms. The van der Waals surface area contributed by atoms with Gasteiger partial charge >= 0.3 is 6.09 Å². The first-order valence-corrected chi connectivity index (χ1v) is 12.9. The van der Waals surface area contributed by atoms with Gasteiger partial charge in [0.25, 0.3) is 0 Å². The molecule has 11 nitrogen and oxygen atoms in total. The number of carbonyl (C=O) groups is 2. The van der Waals surface area contributed by atoms with Gasteiger partial charge in [-0.1, -0.05) is 5.21 Å². The topological polar surface area (TPSA) is 154 Å². The van der Waals surface area contributed by atoms with E-state index >= 15 is 0 Å². The third kappa shape index (κ3) is 7.17. The lowest BCUT2D eigenvalue weighted by molar-refractivity contribution is -0.128. The molecule has 0 bridgehead atoms. The number of fused-ring (bicyclic) bond motifs is 2. The van der Waals surface area contributed by atoms with Crippen LogP contribution in [0.25, 0.3) is 0 Å². The Balaban J connectivity index is 1.41. The number of rotatable bonds is 11. The molecule has 0 aromatic carbocycles. The van der Waals surface area contributed by atoms with Gasteiger partial charge in [-0.2, -0.15) is 0 Å². The summed E-state index contributed by atoms with van der Waals surface area (Å²) in [6, 6.07) is 0. The lowest BCUT2D eigenvalue weighted by Crippen LogP contribution is -2.52. The van der Waals surface area contributed by atoms with Crippen molar-refractivity contribution in [2.45, 2.75) is 83.4 Å². The summed E-state index contributed by atoms with van der Waals surface area (Å²) in [4.78, 5) is 24.0. The molecule has 4 atom stereocenters. The summed E-state index contributed by atoms with van der Waals surface area (Å²) in [6.45, 7) is 10.1. The molecular weight excluding hydrogens is 464 g/mol. The van der Waals surface area contributed by atoms with E-state index in [4.69, 9.17) is 15.2 Å². The monoisotopic (exact) mass is 508 g/mol. The van der Waals surface area contributed by atoms with Gasteiger partial charge in [0.05, 0.1) is 54.3 Å². The van der Waals surface area contributed by atoms with E-state index in [9.17, 15) is 14.7 Å². The zero-order chi connectivity index (χ0) is 26.7. The molecule has 204 valence electrons. The van der Waals surface area contributed by atoms with Gasteiger partial charge in [-0.15, -0.1) is 5.10 Å². The van der Waals surface area contributed by atoms with Crippen molar-refractivity contribution in [3.05, 3.63) is 11.4 Å². The van der Waals surface area contributed by atoms with E-state index in [1.54, 1.807) is 14.0 Å². The molecule has 1 aromatic rings. The molecule has 1 heterocycles. The van der Waals surface area contributed by atoms with Crippen LogP contribution >= 0.6 is 0 Å². The van der Waals surface area contributed by atoms with Gasteiger partial charge in [0, 0.05) is 13.6 Å².